The molecule has 138 valence electrons. The lowest BCUT2D eigenvalue weighted by Crippen LogP contribution is -2.37. The van der Waals surface area contributed by atoms with Crippen LogP contribution in [0, 0.1) is 0 Å². The zero-order valence-electron chi connectivity index (χ0n) is 14.1. The first-order valence-electron chi connectivity index (χ1n) is 8.93. The highest BCUT2D eigenvalue weighted by Crippen LogP contribution is 2.33. The quantitative estimate of drug-likeness (QED) is 0.269. The molecule has 2 fully saturated rings. The Morgan fingerprint density at radius 2 is 2.17 bits per heavy atom. The summed E-state index contributed by atoms with van der Waals surface area (Å²) in [5.74, 6) is 0.977. The minimum absolute atomic E-state index is 0.00888. The molecular weight excluding hydrogens is 328 g/mol. The molecule has 2 aliphatic heterocycles. The van der Waals surface area contributed by atoms with E-state index in [0.29, 0.717) is 18.2 Å². The van der Waals surface area contributed by atoms with Crippen molar-refractivity contribution in [3.8, 4) is 0 Å². The van der Waals surface area contributed by atoms with Crippen LogP contribution in [0.5, 0.6) is 0 Å². The molecule has 0 aromatic rings. The van der Waals surface area contributed by atoms with Gasteiger partial charge in [-0.1, -0.05) is 12.8 Å². The summed E-state index contributed by atoms with van der Waals surface area (Å²) >= 11 is 1.90. The van der Waals surface area contributed by atoms with Crippen LogP contribution in [0.2, 0.25) is 0 Å². The highest BCUT2D eigenvalue weighted by Gasteiger charge is 2.42. The van der Waals surface area contributed by atoms with Gasteiger partial charge in [-0.3, -0.25) is 4.79 Å². The number of hydrogen-bond acceptors (Lipinski definition) is 5. The van der Waals surface area contributed by atoms with Crippen LogP contribution < -0.4 is 21.7 Å². The monoisotopic (exact) mass is 358 g/mol. The second-order valence-electron chi connectivity index (χ2n) is 6.60. The van der Waals surface area contributed by atoms with Crippen molar-refractivity contribution in [3.05, 3.63) is 0 Å². The smallest absolute Gasteiger partial charge is 0.315 e. The van der Waals surface area contributed by atoms with Crippen LogP contribution in [0.1, 0.15) is 44.9 Å². The average Bonchev–Trinajstić information content (AvgIpc) is 3.10. The van der Waals surface area contributed by atoms with E-state index >= 15 is 0 Å². The largest absolute Gasteiger partial charge is 0.394 e. The van der Waals surface area contributed by atoms with Gasteiger partial charge in [-0.05, 0) is 32.2 Å². The van der Waals surface area contributed by atoms with Gasteiger partial charge in [0.25, 0.3) is 0 Å². The molecule has 2 rings (SSSR count). The lowest BCUT2D eigenvalue weighted by Gasteiger charge is -2.17. The van der Waals surface area contributed by atoms with E-state index in [1.165, 1.54) is 0 Å². The lowest BCUT2D eigenvalue weighted by molar-refractivity contribution is -0.122. The van der Waals surface area contributed by atoms with Gasteiger partial charge in [-0.2, -0.15) is 11.8 Å². The number of rotatable bonds is 11. The molecule has 3 amide bonds. The Bertz CT molecular complexity index is 424. The van der Waals surface area contributed by atoms with Gasteiger partial charge < -0.3 is 26.8 Å². The zero-order chi connectivity index (χ0) is 17.4. The summed E-state index contributed by atoms with van der Waals surface area (Å²) in [6, 6.07) is 0.279. The van der Waals surface area contributed by atoms with Gasteiger partial charge in [-0.15, -0.1) is 0 Å². The average molecular weight is 359 g/mol. The number of aliphatic hydroxyl groups is 1. The molecule has 2 heterocycles. The number of aliphatic hydroxyl groups excluding tert-OH is 1. The minimum atomic E-state index is -0.157. The highest BCUT2D eigenvalue weighted by molar-refractivity contribution is 8.00. The Morgan fingerprint density at radius 3 is 2.92 bits per heavy atom. The lowest BCUT2D eigenvalue weighted by atomic mass is 10.0. The highest BCUT2D eigenvalue weighted by atomic mass is 32.2. The molecular formula is C16H30N4O3S. The molecule has 0 aromatic carbocycles. The van der Waals surface area contributed by atoms with Gasteiger partial charge in [0, 0.05) is 17.4 Å². The fourth-order valence-corrected chi connectivity index (χ4v) is 4.86. The third-order valence-electron chi connectivity index (χ3n) is 4.67. The molecule has 0 radical (unpaired) electrons. The molecule has 0 bridgehead atoms. The van der Waals surface area contributed by atoms with E-state index in [9.17, 15) is 14.7 Å². The van der Waals surface area contributed by atoms with E-state index in [1.54, 1.807) is 0 Å². The van der Waals surface area contributed by atoms with Crippen molar-refractivity contribution in [2.45, 2.75) is 68.3 Å². The zero-order valence-corrected chi connectivity index (χ0v) is 14.9. The van der Waals surface area contributed by atoms with E-state index < -0.39 is 0 Å². The van der Waals surface area contributed by atoms with Crippen molar-refractivity contribution in [3.63, 3.8) is 0 Å². The third-order valence-corrected chi connectivity index (χ3v) is 6.18. The fourth-order valence-electron chi connectivity index (χ4n) is 3.32. The van der Waals surface area contributed by atoms with Gasteiger partial charge in [-0.25, -0.2) is 4.79 Å². The van der Waals surface area contributed by atoms with E-state index in [-0.39, 0.29) is 36.7 Å². The standard InChI is InChI=1S/C16H30N4O3S/c17-8-4-3-5-11(9-21)18-14(22)7-2-1-6-13-15-12(10-24-13)19-16(23)20-15/h11-13,15,21H,1-10,17H2,(H,18,22)(H2,19,20,23)/t11?,12-,13-,15-/m0/s1. The van der Waals surface area contributed by atoms with Crippen LogP contribution >= 0.6 is 11.8 Å². The van der Waals surface area contributed by atoms with Crippen LogP contribution in [0.15, 0.2) is 0 Å². The number of nitrogens with one attached hydrogen (secondary N) is 3. The van der Waals surface area contributed by atoms with Gasteiger partial charge in [0.2, 0.25) is 5.91 Å². The summed E-state index contributed by atoms with van der Waals surface area (Å²) in [6.07, 6.45) is 5.92. The first kappa shape index (κ1) is 19.3. The van der Waals surface area contributed by atoms with Gasteiger partial charge >= 0.3 is 6.03 Å². The van der Waals surface area contributed by atoms with Crippen LogP contribution in [0.25, 0.3) is 0 Å². The van der Waals surface area contributed by atoms with Gasteiger partial charge in [0.05, 0.1) is 24.7 Å². The first-order valence-corrected chi connectivity index (χ1v) is 9.98. The summed E-state index contributed by atoms with van der Waals surface area (Å²) < 4.78 is 0. The van der Waals surface area contributed by atoms with Crippen molar-refractivity contribution in [1.82, 2.24) is 16.0 Å². The number of fused-ring (bicyclic) bond motifs is 1. The Labute approximate surface area is 147 Å². The van der Waals surface area contributed by atoms with Gasteiger partial charge in [0.1, 0.15) is 0 Å². The van der Waals surface area contributed by atoms with Crippen LogP contribution in [0.3, 0.4) is 0 Å². The molecule has 4 atom stereocenters. The second kappa shape index (κ2) is 10.1. The van der Waals surface area contributed by atoms with Crippen molar-refractivity contribution in [2.24, 2.45) is 5.73 Å². The maximum Gasteiger partial charge on any atom is 0.315 e. The summed E-state index contributed by atoms with van der Waals surface area (Å²) in [5.41, 5.74) is 5.45. The molecule has 2 saturated heterocycles. The molecule has 2 aliphatic rings. The SMILES string of the molecule is NCCCCC(CO)NC(=O)CCCC[C@@H]1SC[C@@H]2NC(=O)N[C@@H]21. The summed E-state index contributed by atoms with van der Waals surface area (Å²) in [6.45, 7) is 0.619. The third kappa shape index (κ3) is 5.82. The number of amides is 3. The predicted octanol–water partition coefficient (Wildman–Crippen LogP) is 0.318. The maximum absolute atomic E-state index is 11.9. The molecule has 7 nitrogen and oxygen atoms in total. The number of unbranched alkanes of at least 4 members (excludes halogenated alkanes) is 2. The molecule has 1 unspecified atom stereocenters. The number of carbonyl (C=O) groups is 2. The Hall–Kier alpha value is -0.990. The molecule has 0 aromatic heterocycles. The predicted molar refractivity (Wildman–Crippen MR) is 95.9 cm³/mol. The topological polar surface area (TPSA) is 116 Å². The first-order chi connectivity index (χ1) is 11.6. The molecule has 8 heteroatoms. The van der Waals surface area contributed by atoms with E-state index in [1.807, 2.05) is 11.8 Å². The van der Waals surface area contributed by atoms with E-state index in [4.69, 9.17) is 5.73 Å². The minimum Gasteiger partial charge on any atom is -0.394 e. The normalized spacial score (nSPS) is 26.6. The Balaban J connectivity index is 1.56. The molecule has 0 saturated carbocycles. The Kier molecular flexibility index (Phi) is 8.14. The second-order valence-corrected chi connectivity index (χ2v) is 7.87. The van der Waals surface area contributed by atoms with Crippen molar-refractivity contribution < 1.29 is 14.7 Å². The number of urea groups is 1. The van der Waals surface area contributed by atoms with Crippen molar-refractivity contribution in [1.29, 1.82) is 0 Å². The summed E-state index contributed by atoms with van der Waals surface area (Å²) in [4.78, 5) is 23.3. The van der Waals surface area contributed by atoms with Crippen LogP contribution in [-0.2, 0) is 4.79 Å². The summed E-state index contributed by atoms with van der Waals surface area (Å²) in [7, 11) is 0. The maximum atomic E-state index is 11.9. The summed E-state index contributed by atoms with van der Waals surface area (Å²) in [5, 5.41) is 18.6. The van der Waals surface area contributed by atoms with E-state index in [2.05, 4.69) is 16.0 Å². The van der Waals surface area contributed by atoms with Crippen LogP contribution in [-0.4, -0.2) is 59.3 Å². The number of thioether (sulfide) groups is 1. The van der Waals surface area contributed by atoms with Gasteiger partial charge in [0.15, 0.2) is 0 Å². The molecule has 6 N–H and O–H groups in total. The fraction of sp³-hybridized carbons (Fsp3) is 0.875. The van der Waals surface area contributed by atoms with Crippen molar-refractivity contribution >= 4 is 23.7 Å². The van der Waals surface area contributed by atoms with E-state index in [0.717, 1.165) is 44.3 Å². The molecule has 24 heavy (non-hydrogen) atoms. The number of carbonyl (C=O) groups excluding carboxylic acids is 2. The Morgan fingerprint density at radius 1 is 1.33 bits per heavy atom. The molecule has 0 spiro atoms. The van der Waals surface area contributed by atoms with Crippen molar-refractivity contribution in [2.75, 3.05) is 18.9 Å². The number of nitrogens with two attached hydrogens (primary N) is 1. The van der Waals surface area contributed by atoms with Crippen LogP contribution in [0.4, 0.5) is 4.79 Å². The number of hydrogen-bond donors (Lipinski definition) is 5. The molecule has 0 aliphatic carbocycles.